The Labute approximate surface area is 171 Å². The lowest BCUT2D eigenvalue weighted by Gasteiger charge is -2.04. The number of rotatable bonds is 6. The Morgan fingerprint density at radius 2 is 1.40 bits per heavy atom. The van der Waals surface area contributed by atoms with Crippen LogP contribution in [0, 0.1) is 11.3 Å². The first-order valence-electron chi connectivity index (χ1n) is 8.62. The lowest BCUT2D eigenvalue weighted by molar-refractivity contribution is 0.0696. The van der Waals surface area contributed by atoms with Gasteiger partial charge in [-0.1, -0.05) is 30.3 Å². The van der Waals surface area contributed by atoms with E-state index in [0.29, 0.717) is 13.0 Å². The van der Waals surface area contributed by atoms with Gasteiger partial charge in [-0.05, 0) is 18.2 Å². The number of benzene rings is 2. The van der Waals surface area contributed by atoms with E-state index in [-0.39, 0.29) is 16.7 Å². The van der Waals surface area contributed by atoms with Crippen LogP contribution in [0.3, 0.4) is 0 Å². The Hall–Kier alpha value is -4.45. The third-order valence-corrected chi connectivity index (χ3v) is 3.89. The van der Waals surface area contributed by atoms with E-state index < -0.39 is 17.9 Å². The summed E-state index contributed by atoms with van der Waals surface area (Å²) < 4.78 is 2.00. The molecule has 0 aliphatic carbocycles. The van der Waals surface area contributed by atoms with E-state index in [2.05, 4.69) is 11.1 Å². The van der Waals surface area contributed by atoms with Gasteiger partial charge in [0.2, 0.25) is 0 Å². The third kappa shape index (κ3) is 5.77. The van der Waals surface area contributed by atoms with E-state index >= 15 is 0 Å². The fraction of sp³-hybridized carbons (Fsp3) is 0.0952. The first-order valence-corrected chi connectivity index (χ1v) is 8.62. The maximum Gasteiger partial charge on any atom is 0.335 e. The van der Waals surface area contributed by atoms with Crippen molar-refractivity contribution in [3.8, 4) is 17.5 Å². The SMILES string of the molecule is N#CCCn1ccnc1-c1ccccc1.O=C(O)c1cc(C(=O)O)cc(C(=O)O)c1. The van der Waals surface area contributed by atoms with Crippen LogP contribution in [0.15, 0.2) is 60.9 Å². The van der Waals surface area contributed by atoms with Gasteiger partial charge >= 0.3 is 17.9 Å². The molecule has 1 heterocycles. The molecule has 0 bridgehead atoms. The van der Waals surface area contributed by atoms with Gasteiger partial charge in [0, 0.05) is 24.5 Å². The number of hydrogen-bond acceptors (Lipinski definition) is 5. The maximum absolute atomic E-state index is 10.6. The molecule has 0 fully saturated rings. The zero-order chi connectivity index (χ0) is 22.1. The monoisotopic (exact) mass is 407 g/mol. The van der Waals surface area contributed by atoms with Gasteiger partial charge < -0.3 is 19.9 Å². The van der Waals surface area contributed by atoms with Crippen LogP contribution in [0.2, 0.25) is 0 Å². The number of nitrogens with zero attached hydrogens (tertiary/aromatic N) is 3. The van der Waals surface area contributed by atoms with Crippen molar-refractivity contribution >= 4 is 17.9 Å². The molecule has 0 saturated heterocycles. The molecule has 0 unspecified atom stereocenters. The van der Waals surface area contributed by atoms with Crippen molar-refractivity contribution in [1.82, 2.24) is 9.55 Å². The maximum atomic E-state index is 10.6. The summed E-state index contributed by atoms with van der Waals surface area (Å²) >= 11 is 0. The first-order chi connectivity index (χ1) is 14.3. The van der Waals surface area contributed by atoms with Crippen LogP contribution in [0.1, 0.15) is 37.5 Å². The third-order valence-electron chi connectivity index (χ3n) is 3.89. The van der Waals surface area contributed by atoms with E-state index in [1.165, 1.54) is 0 Å². The highest BCUT2D eigenvalue weighted by molar-refractivity contribution is 5.98. The lowest BCUT2D eigenvalue weighted by Crippen LogP contribution is -2.07. The van der Waals surface area contributed by atoms with Crippen LogP contribution < -0.4 is 0 Å². The van der Waals surface area contributed by atoms with Gasteiger partial charge in [0.25, 0.3) is 0 Å². The standard InChI is InChI=1S/C12H11N3.C9H6O6/c13-7-4-9-15-10-8-14-12(15)11-5-2-1-3-6-11;10-7(11)4-1-5(8(12)13)3-6(2-4)9(14)15/h1-3,5-6,8,10H,4,9H2;1-3H,(H,10,11)(H,12,13)(H,14,15). The number of aryl methyl sites for hydroxylation is 1. The summed E-state index contributed by atoms with van der Waals surface area (Å²) in [5.41, 5.74) is -0.0210. The van der Waals surface area contributed by atoms with Crippen LogP contribution in [0.25, 0.3) is 11.4 Å². The van der Waals surface area contributed by atoms with Crippen molar-refractivity contribution in [1.29, 1.82) is 5.26 Å². The normalized spacial score (nSPS) is 9.70. The van der Waals surface area contributed by atoms with Gasteiger partial charge in [0.15, 0.2) is 0 Å². The second-order valence-corrected chi connectivity index (χ2v) is 5.93. The number of aromatic carboxylic acids is 3. The van der Waals surface area contributed by atoms with Crippen molar-refractivity contribution < 1.29 is 29.7 Å². The molecule has 0 amide bonds. The highest BCUT2D eigenvalue weighted by Crippen LogP contribution is 2.16. The van der Waals surface area contributed by atoms with Crippen LogP contribution in [-0.2, 0) is 6.54 Å². The van der Waals surface area contributed by atoms with Gasteiger partial charge in [-0.25, -0.2) is 19.4 Å². The second kappa shape index (κ2) is 10.2. The molecule has 3 aromatic rings. The second-order valence-electron chi connectivity index (χ2n) is 5.93. The van der Waals surface area contributed by atoms with E-state index in [1.54, 1.807) is 6.20 Å². The van der Waals surface area contributed by atoms with E-state index in [1.807, 2.05) is 41.1 Å². The molecule has 1 aromatic heterocycles. The fourth-order valence-electron chi connectivity index (χ4n) is 2.51. The van der Waals surface area contributed by atoms with Crippen molar-refractivity contribution in [3.63, 3.8) is 0 Å². The van der Waals surface area contributed by atoms with Gasteiger partial charge in [0.05, 0.1) is 29.2 Å². The fourth-order valence-corrected chi connectivity index (χ4v) is 2.51. The average Bonchev–Trinajstić information content (AvgIpc) is 3.21. The molecule has 0 spiro atoms. The molecule has 30 heavy (non-hydrogen) atoms. The summed E-state index contributed by atoms with van der Waals surface area (Å²) in [5.74, 6) is -3.20. The Morgan fingerprint density at radius 3 is 1.83 bits per heavy atom. The molecule has 0 aliphatic rings. The first kappa shape index (κ1) is 21.8. The average molecular weight is 407 g/mol. The van der Waals surface area contributed by atoms with Crippen LogP contribution in [0.5, 0.6) is 0 Å². The quantitative estimate of drug-likeness (QED) is 0.563. The number of carbonyl (C=O) groups is 3. The summed E-state index contributed by atoms with van der Waals surface area (Å²) in [5, 5.41) is 34.4. The number of carboxylic acids is 3. The van der Waals surface area contributed by atoms with Gasteiger partial charge in [-0.3, -0.25) is 0 Å². The Bertz CT molecular complexity index is 1020. The number of nitriles is 1. The summed E-state index contributed by atoms with van der Waals surface area (Å²) in [6.45, 7) is 0.695. The number of aromatic nitrogens is 2. The zero-order valence-corrected chi connectivity index (χ0v) is 15.6. The predicted molar refractivity (Wildman–Crippen MR) is 105 cm³/mol. The summed E-state index contributed by atoms with van der Waals surface area (Å²) in [6.07, 6.45) is 4.18. The molecular formula is C21H17N3O6. The molecular weight excluding hydrogens is 390 g/mol. The molecule has 0 aliphatic heterocycles. The highest BCUT2D eigenvalue weighted by Gasteiger charge is 2.14. The predicted octanol–water partition coefficient (Wildman–Crippen LogP) is 3.24. The Balaban J connectivity index is 0.000000214. The molecule has 152 valence electrons. The van der Waals surface area contributed by atoms with Crippen molar-refractivity contribution in [3.05, 3.63) is 77.6 Å². The van der Waals surface area contributed by atoms with Crippen molar-refractivity contribution in [2.75, 3.05) is 0 Å². The van der Waals surface area contributed by atoms with Crippen LogP contribution in [-0.4, -0.2) is 42.8 Å². The number of carboxylic acid groups (broad SMARTS) is 3. The molecule has 3 rings (SSSR count). The summed E-state index contributed by atoms with van der Waals surface area (Å²) in [7, 11) is 0. The van der Waals surface area contributed by atoms with Gasteiger partial charge in [-0.2, -0.15) is 5.26 Å². The molecule has 9 nitrogen and oxygen atoms in total. The van der Waals surface area contributed by atoms with Gasteiger partial charge in [0.1, 0.15) is 5.82 Å². The lowest BCUT2D eigenvalue weighted by atomic mass is 10.1. The topological polar surface area (TPSA) is 154 Å². The largest absolute Gasteiger partial charge is 0.478 e. The van der Waals surface area contributed by atoms with Crippen molar-refractivity contribution in [2.45, 2.75) is 13.0 Å². The van der Waals surface area contributed by atoms with Gasteiger partial charge in [-0.15, -0.1) is 0 Å². The minimum atomic E-state index is -1.37. The molecule has 9 heteroatoms. The van der Waals surface area contributed by atoms with Crippen LogP contribution in [0.4, 0.5) is 0 Å². The smallest absolute Gasteiger partial charge is 0.335 e. The highest BCUT2D eigenvalue weighted by atomic mass is 16.4. The molecule has 0 atom stereocenters. The molecule has 0 radical (unpaired) electrons. The van der Waals surface area contributed by atoms with E-state index in [0.717, 1.165) is 29.6 Å². The van der Waals surface area contributed by atoms with Crippen LogP contribution >= 0.6 is 0 Å². The summed E-state index contributed by atoms with van der Waals surface area (Å²) in [6, 6.07) is 14.8. The molecule has 2 aromatic carbocycles. The number of imidazole rings is 1. The zero-order valence-electron chi connectivity index (χ0n) is 15.6. The van der Waals surface area contributed by atoms with E-state index in [4.69, 9.17) is 20.6 Å². The number of hydrogen-bond donors (Lipinski definition) is 3. The Kier molecular flexibility index (Phi) is 7.42. The Morgan fingerprint density at radius 1 is 0.900 bits per heavy atom. The minimum absolute atomic E-state index is 0.368. The molecule has 3 N–H and O–H groups in total. The molecule has 0 saturated carbocycles. The minimum Gasteiger partial charge on any atom is -0.478 e. The summed E-state index contributed by atoms with van der Waals surface area (Å²) in [4.78, 5) is 36.0. The van der Waals surface area contributed by atoms with E-state index in [9.17, 15) is 14.4 Å². The van der Waals surface area contributed by atoms with Crippen molar-refractivity contribution in [2.24, 2.45) is 0 Å².